The van der Waals surface area contributed by atoms with Crippen LogP contribution in [-0.2, 0) is 14.3 Å². The third-order valence-corrected chi connectivity index (χ3v) is 2.09. The molecule has 1 aliphatic heterocycles. The zero-order valence-electron chi connectivity index (χ0n) is 9.26. The second-order valence-electron chi connectivity index (χ2n) is 3.48. The lowest BCUT2D eigenvalue weighted by Crippen LogP contribution is -2.53. The molecule has 0 atom stereocenters. The van der Waals surface area contributed by atoms with Crippen LogP contribution in [0.4, 0.5) is 17.6 Å². The Labute approximate surface area is 105 Å². The van der Waals surface area contributed by atoms with E-state index in [1.807, 2.05) is 0 Å². The fourth-order valence-electron chi connectivity index (χ4n) is 1.32. The van der Waals surface area contributed by atoms with E-state index in [4.69, 9.17) is 11.6 Å². The van der Waals surface area contributed by atoms with Gasteiger partial charge >= 0.3 is 18.2 Å². The maximum absolute atomic E-state index is 12.8. The third-order valence-electron chi connectivity index (χ3n) is 1.84. The van der Waals surface area contributed by atoms with Crippen LogP contribution < -0.4 is 0 Å². The van der Waals surface area contributed by atoms with Crippen molar-refractivity contribution in [2.24, 2.45) is 0 Å². The van der Waals surface area contributed by atoms with Gasteiger partial charge < -0.3 is 9.64 Å². The molecule has 1 heterocycles. The topological polar surface area (TPSA) is 38.8 Å². The van der Waals surface area contributed by atoms with Gasteiger partial charge in [-0.1, -0.05) is 11.6 Å². The molecule has 0 aromatic carbocycles. The number of rotatable bonds is 3. The minimum absolute atomic E-state index is 0.0261. The zero-order valence-corrected chi connectivity index (χ0v) is 10.0. The highest BCUT2D eigenvalue weighted by Gasteiger charge is 2.51. The highest BCUT2D eigenvalue weighted by atomic mass is 35.5. The van der Waals surface area contributed by atoms with E-state index >= 15 is 0 Å². The van der Waals surface area contributed by atoms with Crippen molar-refractivity contribution in [1.29, 1.82) is 0 Å². The van der Waals surface area contributed by atoms with Crippen molar-refractivity contribution in [2.75, 3.05) is 19.7 Å². The Morgan fingerprint density at radius 3 is 2.33 bits per heavy atom. The molecule has 1 aliphatic rings. The van der Waals surface area contributed by atoms with E-state index in [2.05, 4.69) is 9.47 Å². The highest BCUT2D eigenvalue weighted by molar-refractivity contribution is 6.41. The highest BCUT2D eigenvalue weighted by Crippen LogP contribution is 2.33. The molecule has 0 N–H and O–H groups in total. The van der Waals surface area contributed by atoms with Crippen LogP contribution in [-0.4, -0.2) is 42.8 Å². The van der Waals surface area contributed by atoms with E-state index in [0.717, 1.165) is 0 Å². The van der Waals surface area contributed by atoms with Crippen LogP contribution in [0.5, 0.6) is 0 Å². The number of carbonyl (C=O) groups excluding carboxylic acids is 1. The molecule has 0 aromatic heterocycles. The normalized spacial score (nSPS) is 22.8. The molecule has 1 saturated heterocycles. The predicted octanol–water partition coefficient (Wildman–Crippen LogP) is 2.15. The van der Waals surface area contributed by atoms with Gasteiger partial charge in [0.1, 0.15) is 18.1 Å². The number of hydrogen-bond donors (Lipinski definition) is 0. The summed E-state index contributed by atoms with van der Waals surface area (Å²) >= 11 is 5.44. The summed E-state index contributed by atoms with van der Waals surface area (Å²) in [6.07, 6.45) is -7.36. The van der Waals surface area contributed by atoms with Gasteiger partial charge in [0.05, 0.1) is 6.61 Å². The second-order valence-corrected chi connectivity index (χ2v) is 3.89. The second kappa shape index (κ2) is 5.31. The van der Waals surface area contributed by atoms with Gasteiger partial charge in [0.2, 0.25) is 0 Å². The van der Waals surface area contributed by atoms with E-state index < -0.39 is 36.3 Å². The van der Waals surface area contributed by atoms with Gasteiger partial charge in [0.25, 0.3) is 0 Å². The first-order valence-corrected chi connectivity index (χ1v) is 5.27. The number of carbonyl (C=O) groups is 1. The van der Waals surface area contributed by atoms with Gasteiger partial charge in [-0.05, 0) is 6.92 Å². The largest absolute Gasteiger partial charge is 0.462 e. The summed E-state index contributed by atoms with van der Waals surface area (Å²) in [4.78, 5) is 11.6. The molecule has 0 spiro atoms. The van der Waals surface area contributed by atoms with Crippen LogP contribution >= 0.6 is 11.6 Å². The molecule has 0 amide bonds. The van der Waals surface area contributed by atoms with Crippen molar-refractivity contribution < 1.29 is 31.8 Å². The lowest BCUT2D eigenvalue weighted by atomic mass is 10.4. The summed E-state index contributed by atoms with van der Waals surface area (Å²) in [5, 5.41) is -0.564. The number of halogens is 5. The first-order chi connectivity index (χ1) is 8.15. The van der Waals surface area contributed by atoms with Crippen molar-refractivity contribution in [2.45, 2.75) is 19.1 Å². The molecule has 4 nitrogen and oxygen atoms in total. The van der Waals surface area contributed by atoms with Crippen LogP contribution in [0.2, 0.25) is 0 Å². The van der Waals surface area contributed by atoms with Gasteiger partial charge in [-0.15, -0.1) is 0 Å². The predicted molar refractivity (Wildman–Crippen MR) is 53.1 cm³/mol. The Bertz CT molecular complexity index is 346. The number of alkyl halides is 4. The molecule has 0 aromatic rings. The standard InChI is InChI=1S/C9H10ClF4NO3/c1-2-17-7(16)6(10)3-15-4-8(11,12)18-9(13,14)5-15/h3H,2,4-5H2,1H3/b6-3+. The minimum atomic E-state index is -4.02. The molecule has 0 saturated carbocycles. The first-order valence-electron chi connectivity index (χ1n) is 4.89. The van der Waals surface area contributed by atoms with Gasteiger partial charge in [-0.2, -0.15) is 17.6 Å². The van der Waals surface area contributed by atoms with Crippen LogP contribution in [0.15, 0.2) is 11.2 Å². The molecule has 9 heteroatoms. The molecule has 104 valence electrons. The van der Waals surface area contributed by atoms with Crippen molar-refractivity contribution >= 4 is 17.6 Å². The Morgan fingerprint density at radius 1 is 1.39 bits per heavy atom. The van der Waals surface area contributed by atoms with E-state index in [9.17, 15) is 22.4 Å². The fraction of sp³-hybridized carbons (Fsp3) is 0.667. The summed E-state index contributed by atoms with van der Waals surface area (Å²) in [5.41, 5.74) is 0. The summed E-state index contributed by atoms with van der Waals surface area (Å²) in [6, 6.07) is 0. The summed E-state index contributed by atoms with van der Waals surface area (Å²) < 4.78 is 59.0. The minimum Gasteiger partial charge on any atom is -0.462 e. The van der Waals surface area contributed by atoms with E-state index in [1.54, 1.807) is 0 Å². The van der Waals surface area contributed by atoms with E-state index in [-0.39, 0.29) is 6.61 Å². The fourth-order valence-corrected chi connectivity index (χ4v) is 1.51. The third kappa shape index (κ3) is 4.34. The number of ether oxygens (including phenoxy) is 2. The average molecular weight is 292 g/mol. The molecule has 1 fully saturated rings. The number of morpholine rings is 1. The number of esters is 1. The summed E-state index contributed by atoms with van der Waals surface area (Å²) in [6.45, 7) is -0.714. The maximum Gasteiger partial charge on any atom is 0.377 e. The van der Waals surface area contributed by atoms with Gasteiger partial charge in [-0.3, -0.25) is 4.74 Å². The molecule has 0 radical (unpaired) electrons. The Hall–Kier alpha value is -1.02. The smallest absolute Gasteiger partial charge is 0.377 e. The summed E-state index contributed by atoms with van der Waals surface area (Å²) in [5.74, 6) is -0.975. The lowest BCUT2D eigenvalue weighted by Gasteiger charge is -2.36. The molecular weight excluding hydrogens is 282 g/mol. The Morgan fingerprint density at radius 2 is 1.89 bits per heavy atom. The molecule has 18 heavy (non-hydrogen) atoms. The van der Waals surface area contributed by atoms with Gasteiger partial charge in [0, 0.05) is 6.20 Å². The first kappa shape index (κ1) is 15.0. The molecule has 0 aliphatic carbocycles. The van der Waals surface area contributed by atoms with Crippen LogP contribution in [0.1, 0.15) is 6.92 Å². The SMILES string of the molecule is CCOC(=O)/C(Cl)=C\N1CC(F)(F)OC(F)(F)C1. The molecule has 0 unspecified atom stereocenters. The van der Waals surface area contributed by atoms with Gasteiger partial charge in [0.15, 0.2) is 0 Å². The van der Waals surface area contributed by atoms with E-state index in [0.29, 0.717) is 11.1 Å². The Kier molecular flexibility index (Phi) is 4.44. The van der Waals surface area contributed by atoms with Crippen LogP contribution in [0.25, 0.3) is 0 Å². The van der Waals surface area contributed by atoms with E-state index in [1.165, 1.54) is 6.92 Å². The van der Waals surface area contributed by atoms with Crippen molar-refractivity contribution in [3.8, 4) is 0 Å². The number of hydrogen-bond acceptors (Lipinski definition) is 4. The van der Waals surface area contributed by atoms with Crippen molar-refractivity contribution in [3.63, 3.8) is 0 Å². The van der Waals surface area contributed by atoms with Crippen molar-refractivity contribution in [1.82, 2.24) is 4.90 Å². The summed E-state index contributed by atoms with van der Waals surface area (Å²) in [7, 11) is 0. The maximum atomic E-state index is 12.8. The zero-order chi connectivity index (χ0) is 14.0. The van der Waals surface area contributed by atoms with Crippen molar-refractivity contribution in [3.05, 3.63) is 11.2 Å². The molecular formula is C9H10ClF4NO3. The van der Waals surface area contributed by atoms with Crippen LogP contribution in [0.3, 0.4) is 0 Å². The number of nitrogens with zero attached hydrogens (tertiary/aromatic N) is 1. The quantitative estimate of drug-likeness (QED) is 0.454. The Balaban J connectivity index is 2.77. The monoisotopic (exact) mass is 291 g/mol. The average Bonchev–Trinajstić information content (AvgIpc) is 2.12. The van der Waals surface area contributed by atoms with Gasteiger partial charge in [-0.25, -0.2) is 4.79 Å². The van der Waals surface area contributed by atoms with Crippen LogP contribution in [0, 0.1) is 0 Å². The molecule has 1 rings (SSSR count). The lowest BCUT2D eigenvalue weighted by molar-refractivity contribution is -0.401. The molecule has 0 bridgehead atoms.